The lowest BCUT2D eigenvalue weighted by Gasteiger charge is -2.21. The monoisotopic (exact) mass is 269 g/mol. The maximum absolute atomic E-state index is 11.8. The van der Waals surface area contributed by atoms with E-state index in [0.717, 1.165) is 0 Å². The fourth-order valence-electron chi connectivity index (χ4n) is 1.67. The maximum Gasteiger partial charge on any atom is 0.229 e. The number of aliphatic hydroxyl groups excluding tert-OH is 1. The molecule has 0 aliphatic carbocycles. The van der Waals surface area contributed by atoms with Crippen LogP contribution in [0.1, 0.15) is 6.42 Å². The predicted molar refractivity (Wildman–Crippen MR) is 71.2 cm³/mol. The molecule has 0 atom stereocenters. The second-order valence-electron chi connectivity index (χ2n) is 3.81. The fourth-order valence-corrected chi connectivity index (χ4v) is 1.67. The highest BCUT2D eigenvalue weighted by Gasteiger charge is 2.18. The van der Waals surface area contributed by atoms with E-state index in [0.29, 0.717) is 22.9 Å². The smallest absolute Gasteiger partial charge is 0.229 e. The van der Waals surface area contributed by atoms with Crippen LogP contribution in [-0.4, -0.2) is 46.0 Å². The minimum Gasteiger partial charge on any atom is -0.494 e. The normalized spacial score (nSPS) is 9.95. The van der Waals surface area contributed by atoms with Crippen molar-refractivity contribution < 1.29 is 24.1 Å². The molecule has 106 valence electrons. The molecule has 19 heavy (non-hydrogen) atoms. The number of anilines is 1. The van der Waals surface area contributed by atoms with Crippen LogP contribution in [0.3, 0.4) is 0 Å². The van der Waals surface area contributed by atoms with Gasteiger partial charge in [-0.15, -0.1) is 0 Å². The highest BCUT2D eigenvalue weighted by atomic mass is 16.5. The van der Waals surface area contributed by atoms with Crippen molar-refractivity contribution in [2.24, 2.45) is 0 Å². The van der Waals surface area contributed by atoms with Gasteiger partial charge in [0.1, 0.15) is 5.75 Å². The van der Waals surface area contributed by atoms with Gasteiger partial charge in [0, 0.05) is 19.2 Å². The van der Waals surface area contributed by atoms with Gasteiger partial charge < -0.3 is 24.2 Å². The summed E-state index contributed by atoms with van der Waals surface area (Å²) in [6.07, 6.45) is 0.0496. The number of rotatable bonds is 6. The number of methoxy groups -OCH3 is 3. The van der Waals surface area contributed by atoms with Crippen molar-refractivity contribution in [1.29, 1.82) is 0 Å². The van der Waals surface area contributed by atoms with E-state index in [2.05, 4.69) is 0 Å². The van der Waals surface area contributed by atoms with Gasteiger partial charge in [-0.2, -0.15) is 0 Å². The Morgan fingerprint density at radius 1 is 1.11 bits per heavy atom. The molecular formula is C13H19NO5. The third kappa shape index (κ3) is 3.29. The van der Waals surface area contributed by atoms with Crippen LogP contribution in [0.4, 0.5) is 5.69 Å². The van der Waals surface area contributed by atoms with E-state index in [1.165, 1.54) is 26.2 Å². The van der Waals surface area contributed by atoms with Crippen molar-refractivity contribution in [1.82, 2.24) is 0 Å². The lowest BCUT2D eigenvalue weighted by atomic mass is 10.2. The van der Waals surface area contributed by atoms with Gasteiger partial charge in [0.25, 0.3) is 0 Å². The molecule has 0 aromatic heterocycles. The van der Waals surface area contributed by atoms with E-state index in [-0.39, 0.29) is 18.9 Å². The van der Waals surface area contributed by atoms with Gasteiger partial charge in [-0.25, -0.2) is 0 Å². The molecule has 0 unspecified atom stereocenters. The predicted octanol–water partition coefficient (Wildman–Crippen LogP) is 1.06. The summed E-state index contributed by atoms with van der Waals surface area (Å²) in [7, 11) is 6.16. The minimum atomic E-state index is -0.215. The quantitative estimate of drug-likeness (QED) is 0.836. The van der Waals surface area contributed by atoms with Crippen LogP contribution >= 0.6 is 0 Å². The molecule has 1 aromatic carbocycles. The topological polar surface area (TPSA) is 68.2 Å². The molecule has 1 rings (SSSR count). The number of aliphatic hydroxyl groups is 1. The van der Waals surface area contributed by atoms with E-state index < -0.39 is 0 Å². The van der Waals surface area contributed by atoms with Crippen LogP contribution in [-0.2, 0) is 4.79 Å². The Kier molecular flexibility index (Phi) is 5.44. The van der Waals surface area contributed by atoms with Crippen molar-refractivity contribution in [2.45, 2.75) is 6.42 Å². The molecule has 0 fully saturated rings. The zero-order valence-corrected chi connectivity index (χ0v) is 11.6. The number of amides is 1. The first-order valence-electron chi connectivity index (χ1n) is 5.76. The van der Waals surface area contributed by atoms with Gasteiger partial charge in [-0.3, -0.25) is 4.79 Å². The first-order chi connectivity index (χ1) is 9.08. The number of ether oxygens (including phenoxy) is 3. The Morgan fingerprint density at radius 2 is 1.63 bits per heavy atom. The van der Waals surface area contributed by atoms with E-state index in [1.54, 1.807) is 19.2 Å². The third-order valence-corrected chi connectivity index (χ3v) is 2.75. The van der Waals surface area contributed by atoms with Crippen molar-refractivity contribution in [2.75, 3.05) is 39.9 Å². The summed E-state index contributed by atoms with van der Waals surface area (Å²) < 4.78 is 15.6. The van der Waals surface area contributed by atoms with Crippen LogP contribution in [0, 0.1) is 0 Å². The molecule has 0 spiro atoms. The summed E-state index contributed by atoms with van der Waals surface area (Å²) in [5.41, 5.74) is 0.554. The average Bonchev–Trinajstić information content (AvgIpc) is 2.45. The molecule has 0 saturated heterocycles. The molecule has 0 saturated carbocycles. The number of carbonyl (C=O) groups is 1. The average molecular weight is 269 g/mol. The maximum atomic E-state index is 11.8. The molecular weight excluding hydrogens is 250 g/mol. The van der Waals surface area contributed by atoms with Crippen LogP contribution in [0.15, 0.2) is 12.1 Å². The Bertz CT molecular complexity index is 447. The molecule has 6 heteroatoms. The third-order valence-electron chi connectivity index (χ3n) is 2.75. The van der Waals surface area contributed by atoms with Crippen LogP contribution in [0.2, 0.25) is 0 Å². The minimum absolute atomic E-state index is 0.0496. The van der Waals surface area contributed by atoms with Crippen LogP contribution in [0.25, 0.3) is 0 Å². The summed E-state index contributed by atoms with van der Waals surface area (Å²) in [5, 5.41) is 8.82. The summed E-state index contributed by atoms with van der Waals surface area (Å²) in [4.78, 5) is 13.2. The van der Waals surface area contributed by atoms with E-state index >= 15 is 0 Å². The summed E-state index contributed by atoms with van der Waals surface area (Å²) in [5.74, 6) is 1.30. The first kappa shape index (κ1) is 15.1. The Hall–Kier alpha value is -1.95. The molecule has 1 amide bonds. The van der Waals surface area contributed by atoms with Crippen molar-refractivity contribution in [3.05, 3.63) is 12.1 Å². The lowest BCUT2D eigenvalue weighted by Crippen LogP contribution is -2.27. The summed E-state index contributed by atoms with van der Waals surface area (Å²) in [6, 6.07) is 3.31. The molecule has 1 N–H and O–H groups in total. The van der Waals surface area contributed by atoms with E-state index in [9.17, 15) is 4.79 Å². The zero-order chi connectivity index (χ0) is 14.4. The van der Waals surface area contributed by atoms with Crippen molar-refractivity contribution in [3.63, 3.8) is 0 Å². The molecule has 0 aliphatic rings. The van der Waals surface area contributed by atoms with Gasteiger partial charge in [0.05, 0.1) is 40.0 Å². The van der Waals surface area contributed by atoms with E-state index in [1.807, 2.05) is 0 Å². The van der Waals surface area contributed by atoms with Gasteiger partial charge in [-0.1, -0.05) is 0 Å². The number of nitrogens with zero attached hydrogens (tertiary/aromatic N) is 1. The number of carbonyl (C=O) groups excluding carboxylic acids is 1. The van der Waals surface area contributed by atoms with Gasteiger partial charge in [0.15, 0.2) is 11.5 Å². The molecule has 0 aliphatic heterocycles. The highest BCUT2D eigenvalue weighted by Crippen LogP contribution is 2.39. The van der Waals surface area contributed by atoms with Crippen molar-refractivity contribution in [3.8, 4) is 17.2 Å². The Balaban J connectivity index is 3.21. The van der Waals surface area contributed by atoms with Gasteiger partial charge in [0.2, 0.25) is 5.91 Å². The van der Waals surface area contributed by atoms with Crippen molar-refractivity contribution >= 4 is 11.6 Å². The standard InChI is InChI=1S/C13H19NO5/c1-14(13(16)5-6-15)9-7-11(18-3)12(19-4)8-10(9)17-2/h7-8,15H,5-6H2,1-4H3. The molecule has 0 heterocycles. The van der Waals surface area contributed by atoms with Crippen LogP contribution in [0.5, 0.6) is 17.2 Å². The van der Waals surface area contributed by atoms with Gasteiger partial charge in [-0.05, 0) is 0 Å². The lowest BCUT2D eigenvalue weighted by molar-refractivity contribution is -0.118. The number of hydrogen-bond donors (Lipinski definition) is 1. The number of hydrogen-bond acceptors (Lipinski definition) is 5. The largest absolute Gasteiger partial charge is 0.494 e. The summed E-state index contributed by atoms with van der Waals surface area (Å²) in [6.45, 7) is -0.196. The summed E-state index contributed by atoms with van der Waals surface area (Å²) >= 11 is 0. The molecule has 1 aromatic rings. The highest BCUT2D eigenvalue weighted by molar-refractivity contribution is 5.95. The van der Waals surface area contributed by atoms with E-state index in [4.69, 9.17) is 19.3 Å². The number of benzene rings is 1. The molecule has 0 bridgehead atoms. The van der Waals surface area contributed by atoms with Gasteiger partial charge >= 0.3 is 0 Å². The molecule has 6 nitrogen and oxygen atoms in total. The Morgan fingerprint density at radius 3 is 2.11 bits per heavy atom. The fraction of sp³-hybridized carbons (Fsp3) is 0.462. The second-order valence-corrected chi connectivity index (χ2v) is 3.81. The second kappa shape index (κ2) is 6.84. The zero-order valence-electron chi connectivity index (χ0n) is 11.6. The Labute approximate surface area is 112 Å². The SMILES string of the molecule is COc1cc(OC)c(N(C)C(=O)CCO)cc1OC. The van der Waals surface area contributed by atoms with Crippen LogP contribution < -0.4 is 19.1 Å². The molecule has 0 radical (unpaired) electrons. The first-order valence-corrected chi connectivity index (χ1v) is 5.76.